The highest BCUT2D eigenvalue weighted by molar-refractivity contribution is 5.85. The van der Waals surface area contributed by atoms with Crippen molar-refractivity contribution in [2.45, 2.75) is 31.7 Å². The fraction of sp³-hybridized carbons (Fsp3) is 0.429. The predicted molar refractivity (Wildman–Crippen MR) is 67.1 cm³/mol. The SMILES string of the molecule is O=C(O)C1CCCCN1C(=O)Cc1cccc(F)c1. The minimum Gasteiger partial charge on any atom is -0.480 e. The van der Waals surface area contributed by atoms with Gasteiger partial charge in [-0.25, -0.2) is 9.18 Å². The van der Waals surface area contributed by atoms with E-state index in [1.165, 1.54) is 17.0 Å². The smallest absolute Gasteiger partial charge is 0.326 e. The summed E-state index contributed by atoms with van der Waals surface area (Å²) in [5, 5.41) is 9.11. The molecular weight excluding hydrogens is 249 g/mol. The Morgan fingerprint density at radius 3 is 2.84 bits per heavy atom. The van der Waals surface area contributed by atoms with E-state index < -0.39 is 17.8 Å². The van der Waals surface area contributed by atoms with Crippen molar-refractivity contribution in [1.82, 2.24) is 4.90 Å². The Balaban J connectivity index is 2.07. The molecule has 1 amide bonds. The van der Waals surface area contributed by atoms with Crippen molar-refractivity contribution in [1.29, 1.82) is 0 Å². The minimum atomic E-state index is -0.965. The molecular formula is C14H16FNO3. The van der Waals surface area contributed by atoms with Crippen LogP contribution in [-0.4, -0.2) is 34.5 Å². The van der Waals surface area contributed by atoms with Gasteiger partial charge in [0.25, 0.3) is 0 Å². The number of halogens is 1. The quantitative estimate of drug-likeness (QED) is 0.907. The van der Waals surface area contributed by atoms with Gasteiger partial charge in [0.1, 0.15) is 11.9 Å². The molecule has 1 aliphatic heterocycles. The standard InChI is InChI=1S/C14H16FNO3/c15-11-5-3-4-10(8-11)9-13(17)16-7-2-1-6-12(16)14(18)19/h3-5,8,12H,1-2,6-7,9H2,(H,18,19). The van der Waals surface area contributed by atoms with E-state index in [9.17, 15) is 14.0 Å². The lowest BCUT2D eigenvalue weighted by molar-refractivity contribution is -0.151. The van der Waals surface area contributed by atoms with Crippen LogP contribution in [-0.2, 0) is 16.0 Å². The molecule has 2 rings (SSSR count). The first-order chi connectivity index (χ1) is 9.08. The number of carbonyl (C=O) groups is 2. The predicted octanol–water partition coefficient (Wildman–Crippen LogP) is 1.83. The van der Waals surface area contributed by atoms with Gasteiger partial charge in [0, 0.05) is 6.54 Å². The molecule has 102 valence electrons. The normalized spacial score (nSPS) is 19.2. The molecule has 1 aromatic carbocycles. The van der Waals surface area contributed by atoms with Crippen LogP contribution in [0.3, 0.4) is 0 Å². The molecule has 1 aromatic rings. The fourth-order valence-corrected chi connectivity index (χ4v) is 2.41. The van der Waals surface area contributed by atoms with Crippen LogP contribution in [0.25, 0.3) is 0 Å². The van der Waals surface area contributed by atoms with Gasteiger partial charge in [-0.2, -0.15) is 0 Å². The summed E-state index contributed by atoms with van der Waals surface area (Å²) < 4.78 is 13.0. The van der Waals surface area contributed by atoms with Crippen molar-refractivity contribution in [2.75, 3.05) is 6.54 Å². The highest BCUT2D eigenvalue weighted by Gasteiger charge is 2.31. The third kappa shape index (κ3) is 3.30. The zero-order chi connectivity index (χ0) is 13.8. The van der Waals surface area contributed by atoms with Crippen LogP contribution in [0.1, 0.15) is 24.8 Å². The lowest BCUT2D eigenvalue weighted by Gasteiger charge is -2.33. The summed E-state index contributed by atoms with van der Waals surface area (Å²) in [5.41, 5.74) is 0.569. The molecule has 1 fully saturated rings. The molecule has 1 aliphatic rings. The minimum absolute atomic E-state index is 0.0432. The number of hydrogen-bond acceptors (Lipinski definition) is 2. The van der Waals surface area contributed by atoms with Crippen molar-refractivity contribution in [3.8, 4) is 0 Å². The Hall–Kier alpha value is -1.91. The Bertz CT molecular complexity index is 489. The van der Waals surface area contributed by atoms with E-state index in [0.717, 1.165) is 12.8 Å². The maximum Gasteiger partial charge on any atom is 0.326 e. The Kier molecular flexibility index (Phi) is 4.14. The second kappa shape index (κ2) is 5.82. The fourth-order valence-electron chi connectivity index (χ4n) is 2.41. The monoisotopic (exact) mass is 265 g/mol. The number of aliphatic carboxylic acids is 1. The van der Waals surface area contributed by atoms with Gasteiger partial charge in [-0.3, -0.25) is 4.79 Å². The first-order valence-corrected chi connectivity index (χ1v) is 6.34. The van der Waals surface area contributed by atoms with Gasteiger partial charge in [-0.05, 0) is 37.0 Å². The maximum absolute atomic E-state index is 13.0. The lowest BCUT2D eigenvalue weighted by Crippen LogP contribution is -2.48. The molecule has 0 spiro atoms. The Morgan fingerprint density at radius 1 is 1.37 bits per heavy atom. The molecule has 0 aromatic heterocycles. The lowest BCUT2D eigenvalue weighted by atomic mass is 10.0. The number of carboxylic acids is 1. The number of likely N-dealkylation sites (tertiary alicyclic amines) is 1. The summed E-state index contributed by atoms with van der Waals surface area (Å²) >= 11 is 0. The molecule has 0 radical (unpaired) electrons. The topological polar surface area (TPSA) is 57.6 Å². The summed E-state index contributed by atoms with van der Waals surface area (Å²) in [6.45, 7) is 0.463. The van der Waals surface area contributed by atoms with E-state index in [0.29, 0.717) is 18.5 Å². The van der Waals surface area contributed by atoms with E-state index in [2.05, 4.69) is 0 Å². The van der Waals surface area contributed by atoms with E-state index >= 15 is 0 Å². The van der Waals surface area contributed by atoms with Gasteiger partial charge in [-0.1, -0.05) is 12.1 Å². The summed E-state index contributed by atoms with van der Waals surface area (Å²) in [4.78, 5) is 24.7. The summed E-state index contributed by atoms with van der Waals surface area (Å²) in [6.07, 6.45) is 2.17. The first kappa shape index (κ1) is 13.5. The first-order valence-electron chi connectivity index (χ1n) is 6.34. The molecule has 5 heteroatoms. The van der Waals surface area contributed by atoms with E-state index in [-0.39, 0.29) is 12.3 Å². The highest BCUT2D eigenvalue weighted by atomic mass is 19.1. The largest absolute Gasteiger partial charge is 0.480 e. The summed E-state index contributed by atoms with van der Waals surface area (Å²) in [5.74, 6) is -1.61. The molecule has 4 nitrogen and oxygen atoms in total. The molecule has 19 heavy (non-hydrogen) atoms. The van der Waals surface area contributed by atoms with Crippen LogP contribution < -0.4 is 0 Å². The van der Waals surface area contributed by atoms with Crippen molar-refractivity contribution in [3.05, 3.63) is 35.6 Å². The average molecular weight is 265 g/mol. The van der Waals surface area contributed by atoms with Gasteiger partial charge >= 0.3 is 5.97 Å². The number of benzene rings is 1. The van der Waals surface area contributed by atoms with E-state index in [1.54, 1.807) is 12.1 Å². The molecule has 1 unspecified atom stereocenters. The number of hydrogen-bond donors (Lipinski definition) is 1. The molecule has 1 heterocycles. The summed E-state index contributed by atoms with van der Waals surface area (Å²) in [6, 6.07) is 5.09. The second-order valence-electron chi connectivity index (χ2n) is 4.74. The number of piperidine rings is 1. The third-order valence-electron chi connectivity index (χ3n) is 3.35. The van der Waals surface area contributed by atoms with Gasteiger partial charge in [0.15, 0.2) is 0 Å². The number of carboxylic acid groups (broad SMARTS) is 1. The molecule has 1 N–H and O–H groups in total. The second-order valence-corrected chi connectivity index (χ2v) is 4.74. The van der Waals surface area contributed by atoms with Gasteiger partial charge < -0.3 is 10.0 Å². The van der Waals surface area contributed by atoms with Crippen molar-refractivity contribution >= 4 is 11.9 Å². The number of rotatable bonds is 3. The molecule has 1 atom stereocenters. The van der Waals surface area contributed by atoms with Crippen molar-refractivity contribution in [2.24, 2.45) is 0 Å². The van der Waals surface area contributed by atoms with Crippen LogP contribution in [0, 0.1) is 5.82 Å². The number of amides is 1. The Labute approximate surface area is 110 Å². The zero-order valence-corrected chi connectivity index (χ0v) is 10.5. The van der Waals surface area contributed by atoms with Gasteiger partial charge in [-0.15, -0.1) is 0 Å². The van der Waals surface area contributed by atoms with Gasteiger partial charge in [0.05, 0.1) is 6.42 Å². The van der Waals surface area contributed by atoms with E-state index in [1.807, 2.05) is 0 Å². The number of carbonyl (C=O) groups excluding carboxylic acids is 1. The summed E-state index contributed by atoms with van der Waals surface area (Å²) in [7, 11) is 0. The molecule has 1 saturated heterocycles. The van der Waals surface area contributed by atoms with Crippen LogP contribution in [0.4, 0.5) is 4.39 Å². The zero-order valence-electron chi connectivity index (χ0n) is 10.5. The Morgan fingerprint density at radius 2 is 2.16 bits per heavy atom. The van der Waals surface area contributed by atoms with Gasteiger partial charge in [0.2, 0.25) is 5.91 Å². The van der Waals surface area contributed by atoms with Crippen LogP contribution in [0.2, 0.25) is 0 Å². The molecule has 0 saturated carbocycles. The van der Waals surface area contributed by atoms with Crippen LogP contribution in [0.5, 0.6) is 0 Å². The van der Waals surface area contributed by atoms with Crippen LogP contribution >= 0.6 is 0 Å². The van der Waals surface area contributed by atoms with Crippen molar-refractivity contribution < 1.29 is 19.1 Å². The van der Waals surface area contributed by atoms with Crippen molar-refractivity contribution in [3.63, 3.8) is 0 Å². The maximum atomic E-state index is 13.0. The number of nitrogens with zero attached hydrogens (tertiary/aromatic N) is 1. The van der Waals surface area contributed by atoms with Crippen LogP contribution in [0.15, 0.2) is 24.3 Å². The highest BCUT2D eigenvalue weighted by Crippen LogP contribution is 2.18. The van der Waals surface area contributed by atoms with E-state index in [4.69, 9.17) is 5.11 Å². The molecule has 0 bridgehead atoms. The molecule has 0 aliphatic carbocycles. The average Bonchev–Trinajstić information content (AvgIpc) is 2.38. The third-order valence-corrected chi connectivity index (χ3v) is 3.35.